The van der Waals surface area contributed by atoms with Crippen LogP contribution >= 0.6 is 0 Å². The molecule has 2 N–H and O–H groups in total. The molecule has 4 nitrogen and oxygen atoms in total. The van der Waals surface area contributed by atoms with E-state index in [4.69, 9.17) is 0 Å². The number of aromatic hydroxyl groups is 1. The molecule has 0 radical (unpaired) electrons. The van der Waals surface area contributed by atoms with Crippen LogP contribution in [0.25, 0.3) is 0 Å². The summed E-state index contributed by atoms with van der Waals surface area (Å²) in [5.74, 6) is -5.19. The number of halogens is 3. The maximum Gasteiger partial charge on any atom is 0.259 e. The van der Waals surface area contributed by atoms with Crippen LogP contribution in [-0.2, 0) is 0 Å². The molecule has 7 heteroatoms. The molecule has 0 aliphatic rings. The van der Waals surface area contributed by atoms with E-state index in [1.165, 1.54) is 12.3 Å². The molecule has 0 spiro atoms. The van der Waals surface area contributed by atoms with Crippen molar-refractivity contribution in [3.05, 3.63) is 53.6 Å². The number of hydrogen-bond acceptors (Lipinski definition) is 3. The summed E-state index contributed by atoms with van der Waals surface area (Å²) in [5.41, 5.74) is -0.849. The minimum atomic E-state index is -1.42. The Morgan fingerprint density at radius 3 is 2.68 bits per heavy atom. The molecule has 0 saturated carbocycles. The molecule has 98 valence electrons. The molecule has 2 rings (SSSR count). The van der Waals surface area contributed by atoms with Crippen LogP contribution in [0.5, 0.6) is 5.75 Å². The number of carbonyl (C=O) groups is 1. The lowest BCUT2D eigenvalue weighted by Crippen LogP contribution is -2.14. The van der Waals surface area contributed by atoms with Crippen LogP contribution in [0.2, 0.25) is 0 Å². The average Bonchev–Trinajstić information content (AvgIpc) is 2.35. The molecule has 0 unspecified atom stereocenters. The maximum atomic E-state index is 13.3. The second-order valence-corrected chi connectivity index (χ2v) is 3.60. The summed E-state index contributed by atoms with van der Waals surface area (Å²) in [6, 6.07) is 2.17. The van der Waals surface area contributed by atoms with Crippen LogP contribution in [-0.4, -0.2) is 16.0 Å². The molecular weight excluding hydrogens is 261 g/mol. The summed E-state index contributed by atoms with van der Waals surface area (Å²) in [5, 5.41) is 11.3. The van der Waals surface area contributed by atoms with Gasteiger partial charge in [0, 0.05) is 18.3 Å². The van der Waals surface area contributed by atoms with Gasteiger partial charge in [-0.05, 0) is 6.07 Å². The number of rotatable bonds is 2. The van der Waals surface area contributed by atoms with E-state index in [9.17, 15) is 23.1 Å². The lowest BCUT2D eigenvalue weighted by molar-refractivity contribution is 0.102. The fraction of sp³-hybridized carbons (Fsp3) is 0. The van der Waals surface area contributed by atoms with Gasteiger partial charge in [0.2, 0.25) is 0 Å². The monoisotopic (exact) mass is 268 g/mol. The van der Waals surface area contributed by atoms with E-state index >= 15 is 0 Å². The SMILES string of the molecule is O=C(Nc1cc(F)cc(F)c1F)c1ccncc1O. The highest BCUT2D eigenvalue weighted by Crippen LogP contribution is 2.21. The van der Waals surface area contributed by atoms with Gasteiger partial charge < -0.3 is 10.4 Å². The standard InChI is InChI=1S/C12H7F3N2O2/c13-6-3-8(14)11(15)9(4-6)17-12(19)7-1-2-16-5-10(7)18/h1-5,18H,(H,17,19). The van der Waals surface area contributed by atoms with Crippen LogP contribution in [0.4, 0.5) is 18.9 Å². The zero-order valence-electron chi connectivity index (χ0n) is 9.32. The van der Waals surface area contributed by atoms with Crippen molar-refractivity contribution < 1.29 is 23.1 Å². The minimum absolute atomic E-state index is 0.195. The third-order valence-electron chi connectivity index (χ3n) is 2.29. The topological polar surface area (TPSA) is 62.2 Å². The Balaban J connectivity index is 2.32. The molecule has 1 aromatic heterocycles. The molecular formula is C12H7F3N2O2. The van der Waals surface area contributed by atoms with Gasteiger partial charge in [-0.1, -0.05) is 0 Å². The van der Waals surface area contributed by atoms with Gasteiger partial charge in [-0.3, -0.25) is 9.78 Å². The smallest absolute Gasteiger partial charge is 0.259 e. The molecule has 1 aromatic carbocycles. The van der Waals surface area contributed by atoms with E-state index < -0.39 is 34.8 Å². The van der Waals surface area contributed by atoms with E-state index in [1.807, 2.05) is 5.32 Å². The Morgan fingerprint density at radius 1 is 1.26 bits per heavy atom. The number of carbonyl (C=O) groups excluding carboxylic acids is 1. The summed E-state index contributed by atoms with van der Waals surface area (Å²) < 4.78 is 39.2. The van der Waals surface area contributed by atoms with E-state index in [2.05, 4.69) is 4.98 Å². The number of benzene rings is 1. The van der Waals surface area contributed by atoms with Crippen molar-refractivity contribution in [1.29, 1.82) is 0 Å². The Bertz CT molecular complexity index is 647. The van der Waals surface area contributed by atoms with Gasteiger partial charge in [0.05, 0.1) is 17.4 Å². The summed E-state index contributed by atoms with van der Waals surface area (Å²) in [7, 11) is 0. The first kappa shape index (κ1) is 12.9. The first-order valence-electron chi connectivity index (χ1n) is 5.08. The van der Waals surface area contributed by atoms with Crippen molar-refractivity contribution in [2.75, 3.05) is 5.32 Å². The number of anilines is 1. The Labute approximate surface area is 105 Å². The van der Waals surface area contributed by atoms with Gasteiger partial charge in [-0.25, -0.2) is 13.2 Å². The van der Waals surface area contributed by atoms with Gasteiger partial charge in [0.15, 0.2) is 11.6 Å². The number of hydrogen-bond donors (Lipinski definition) is 2. The summed E-state index contributed by atoms with van der Waals surface area (Å²) in [6.45, 7) is 0. The van der Waals surface area contributed by atoms with Crippen LogP contribution in [0.15, 0.2) is 30.6 Å². The molecule has 0 aliphatic heterocycles. The number of aromatic nitrogens is 1. The van der Waals surface area contributed by atoms with Crippen molar-refractivity contribution in [3.8, 4) is 5.75 Å². The van der Waals surface area contributed by atoms with E-state index in [1.54, 1.807) is 0 Å². The summed E-state index contributed by atoms with van der Waals surface area (Å²) in [4.78, 5) is 15.3. The lowest BCUT2D eigenvalue weighted by atomic mass is 10.2. The minimum Gasteiger partial charge on any atom is -0.505 e. The van der Waals surface area contributed by atoms with Gasteiger partial charge in [0.25, 0.3) is 5.91 Å². The third kappa shape index (κ3) is 2.65. The Kier molecular flexibility index (Phi) is 3.37. The Hall–Kier alpha value is -2.57. The molecule has 0 bridgehead atoms. The number of amides is 1. The molecule has 1 amide bonds. The highest BCUT2D eigenvalue weighted by Gasteiger charge is 2.16. The van der Waals surface area contributed by atoms with E-state index in [-0.39, 0.29) is 5.56 Å². The zero-order valence-corrected chi connectivity index (χ0v) is 9.32. The maximum absolute atomic E-state index is 13.3. The van der Waals surface area contributed by atoms with Gasteiger partial charge >= 0.3 is 0 Å². The van der Waals surface area contributed by atoms with Crippen LogP contribution < -0.4 is 5.32 Å². The molecule has 1 heterocycles. The van der Waals surface area contributed by atoms with Gasteiger partial charge in [-0.15, -0.1) is 0 Å². The molecule has 19 heavy (non-hydrogen) atoms. The highest BCUT2D eigenvalue weighted by molar-refractivity contribution is 6.06. The second-order valence-electron chi connectivity index (χ2n) is 3.60. The molecule has 2 aromatic rings. The first-order chi connectivity index (χ1) is 8.99. The summed E-state index contributed by atoms with van der Waals surface area (Å²) >= 11 is 0. The highest BCUT2D eigenvalue weighted by atomic mass is 19.2. The zero-order chi connectivity index (χ0) is 14.0. The third-order valence-corrected chi connectivity index (χ3v) is 2.29. The largest absolute Gasteiger partial charge is 0.505 e. The molecule has 0 saturated heterocycles. The second kappa shape index (κ2) is 4.97. The van der Waals surface area contributed by atoms with Crippen molar-refractivity contribution in [2.45, 2.75) is 0 Å². The summed E-state index contributed by atoms with van der Waals surface area (Å²) in [6.07, 6.45) is 2.24. The molecule has 0 atom stereocenters. The van der Waals surface area contributed by atoms with E-state index in [0.29, 0.717) is 12.1 Å². The Morgan fingerprint density at radius 2 is 2.00 bits per heavy atom. The lowest BCUT2D eigenvalue weighted by Gasteiger charge is -2.08. The average molecular weight is 268 g/mol. The van der Waals surface area contributed by atoms with Gasteiger partial charge in [0.1, 0.15) is 11.6 Å². The van der Waals surface area contributed by atoms with Crippen LogP contribution in [0.3, 0.4) is 0 Å². The molecule has 0 aliphatic carbocycles. The van der Waals surface area contributed by atoms with Crippen molar-refractivity contribution in [1.82, 2.24) is 4.98 Å². The van der Waals surface area contributed by atoms with Gasteiger partial charge in [-0.2, -0.15) is 0 Å². The van der Waals surface area contributed by atoms with E-state index in [0.717, 1.165) is 6.20 Å². The van der Waals surface area contributed by atoms with Crippen LogP contribution in [0, 0.1) is 17.5 Å². The number of pyridine rings is 1. The quantitative estimate of drug-likeness (QED) is 0.822. The fourth-order valence-corrected chi connectivity index (χ4v) is 1.41. The van der Waals surface area contributed by atoms with Crippen molar-refractivity contribution in [3.63, 3.8) is 0 Å². The number of nitrogens with zero attached hydrogens (tertiary/aromatic N) is 1. The predicted octanol–water partition coefficient (Wildman–Crippen LogP) is 2.46. The number of nitrogens with one attached hydrogen (secondary N) is 1. The normalized spacial score (nSPS) is 10.3. The van der Waals surface area contributed by atoms with Crippen LogP contribution in [0.1, 0.15) is 10.4 Å². The molecule has 0 fully saturated rings. The predicted molar refractivity (Wildman–Crippen MR) is 60.2 cm³/mol. The first-order valence-corrected chi connectivity index (χ1v) is 5.08. The van der Waals surface area contributed by atoms with Crippen molar-refractivity contribution >= 4 is 11.6 Å². The van der Waals surface area contributed by atoms with Crippen molar-refractivity contribution in [2.24, 2.45) is 0 Å². The fourth-order valence-electron chi connectivity index (χ4n) is 1.41.